The Morgan fingerprint density at radius 2 is 2.03 bits per heavy atom. The number of rotatable bonds is 8. The zero-order valence-corrected chi connectivity index (χ0v) is 19.7. The first kappa shape index (κ1) is 22.8. The standard InChI is InChI=1S/C23H31ClN6O2/c1-4-5-18-21-22(29(2)28-18)23(25-13-15-6-7-19(32-3)17(24)12-15)27-20(26-21)14-30-10-8-16(31)9-11-30/h6-7,12,16,31H,4-5,8-11,13-14H2,1-3H3,(H,25,26,27). The van der Waals surface area contributed by atoms with E-state index in [2.05, 4.69) is 17.1 Å². The summed E-state index contributed by atoms with van der Waals surface area (Å²) in [5.41, 5.74) is 3.85. The summed E-state index contributed by atoms with van der Waals surface area (Å²) < 4.78 is 7.12. The highest BCUT2D eigenvalue weighted by Crippen LogP contribution is 2.27. The number of halogens is 1. The third-order valence-corrected chi connectivity index (χ3v) is 6.18. The van der Waals surface area contributed by atoms with E-state index in [0.717, 1.165) is 72.7 Å². The van der Waals surface area contributed by atoms with Crippen molar-refractivity contribution >= 4 is 28.5 Å². The second-order valence-corrected chi connectivity index (χ2v) is 8.74. The minimum absolute atomic E-state index is 0.197. The number of nitrogens with one attached hydrogen (secondary N) is 1. The molecule has 8 nitrogen and oxygen atoms in total. The number of piperidine rings is 1. The van der Waals surface area contributed by atoms with Gasteiger partial charge in [0.1, 0.15) is 22.6 Å². The Kier molecular flexibility index (Phi) is 7.13. The van der Waals surface area contributed by atoms with Gasteiger partial charge in [-0.3, -0.25) is 9.58 Å². The molecule has 0 aliphatic carbocycles. The van der Waals surface area contributed by atoms with Crippen molar-refractivity contribution in [3.63, 3.8) is 0 Å². The molecule has 1 saturated heterocycles. The Bertz CT molecular complexity index is 1080. The van der Waals surface area contributed by atoms with E-state index >= 15 is 0 Å². The van der Waals surface area contributed by atoms with Crippen LogP contribution < -0.4 is 10.1 Å². The van der Waals surface area contributed by atoms with E-state index < -0.39 is 0 Å². The van der Waals surface area contributed by atoms with E-state index in [0.29, 0.717) is 23.9 Å². The van der Waals surface area contributed by atoms with Crippen LogP contribution in [0.1, 0.15) is 43.3 Å². The highest BCUT2D eigenvalue weighted by Gasteiger charge is 2.21. The van der Waals surface area contributed by atoms with Crippen molar-refractivity contribution in [3.05, 3.63) is 40.3 Å². The summed E-state index contributed by atoms with van der Waals surface area (Å²) in [5, 5.41) is 18.6. The van der Waals surface area contributed by atoms with Crippen LogP contribution in [0.15, 0.2) is 18.2 Å². The maximum atomic E-state index is 9.81. The van der Waals surface area contributed by atoms with Crippen molar-refractivity contribution in [1.29, 1.82) is 0 Å². The van der Waals surface area contributed by atoms with Gasteiger partial charge in [0.05, 0.1) is 30.5 Å². The number of aromatic nitrogens is 4. The smallest absolute Gasteiger partial charge is 0.156 e. The lowest BCUT2D eigenvalue weighted by Gasteiger charge is -2.28. The van der Waals surface area contributed by atoms with Gasteiger partial charge < -0.3 is 15.2 Å². The van der Waals surface area contributed by atoms with Gasteiger partial charge in [-0.1, -0.05) is 31.0 Å². The molecular weight excluding hydrogens is 428 g/mol. The monoisotopic (exact) mass is 458 g/mol. The molecule has 0 unspecified atom stereocenters. The van der Waals surface area contributed by atoms with Gasteiger partial charge in [0, 0.05) is 26.7 Å². The van der Waals surface area contributed by atoms with E-state index in [1.54, 1.807) is 7.11 Å². The molecule has 1 fully saturated rings. The van der Waals surface area contributed by atoms with E-state index in [9.17, 15) is 5.11 Å². The Morgan fingerprint density at radius 1 is 1.25 bits per heavy atom. The van der Waals surface area contributed by atoms with Crippen LogP contribution in [0, 0.1) is 0 Å². The number of ether oxygens (including phenoxy) is 1. The minimum Gasteiger partial charge on any atom is -0.495 e. The first-order valence-electron chi connectivity index (χ1n) is 11.2. The molecule has 0 saturated carbocycles. The summed E-state index contributed by atoms with van der Waals surface area (Å²) in [5.74, 6) is 2.20. The number of anilines is 1. The SMILES string of the molecule is CCCc1nn(C)c2c(NCc3ccc(OC)c(Cl)c3)nc(CN3CCC(O)CC3)nc12. The topological polar surface area (TPSA) is 88.3 Å². The predicted molar refractivity (Wildman–Crippen MR) is 126 cm³/mol. The Morgan fingerprint density at radius 3 is 2.72 bits per heavy atom. The van der Waals surface area contributed by atoms with Crippen LogP contribution in [-0.2, 0) is 26.6 Å². The largest absolute Gasteiger partial charge is 0.495 e. The van der Waals surface area contributed by atoms with Crippen molar-refractivity contribution in [3.8, 4) is 5.75 Å². The van der Waals surface area contributed by atoms with Gasteiger partial charge in [-0.15, -0.1) is 0 Å². The molecular formula is C23H31ClN6O2. The third kappa shape index (κ3) is 4.98. The molecule has 2 aromatic heterocycles. The zero-order chi connectivity index (χ0) is 22.7. The summed E-state index contributed by atoms with van der Waals surface area (Å²) in [4.78, 5) is 12.1. The van der Waals surface area contributed by atoms with E-state index in [-0.39, 0.29) is 6.10 Å². The second-order valence-electron chi connectivity index (χ2n) is 8.34. The highest BCUT2D eigenvalue weighted by molar-refractivity contribution is 6.32. The van der Waals surface area contributed by atoms with Crippen molar-refractivity contribution in [2.45, 2.75) is 51.8 Å². The fourth-order valence-corrected chi connectivity index (χ4v) is 4.45. The summed E-state index contributed by atoms with van der Waals surface area (Å²) in [6, 6.07) is 5.76. The van der Waals surface area contributed by atoms with E-state index in [1.807, 2.05) is 29.9 Å². The lowest BCUT2D eigenvalue weighted by Crippen LogP contribution is -2.35. The maximum absolute atomic E-state index is 9.81. The number of benzene rings is 1. The zero-order valence-electron chi connectivity index (χ0n) is 18.9. The molecule has 32 heavy (non-hydrogen) atoms. The molecule has 3 heterocycles. The molecule has 9 heteroatoms. The van der Waals surface area contributed by atoms with Crippen LogP contribution >= 0.6 is 11.6 Å². The highest BCUT2D eigenvalue weighted by atomic mass is 35.5. The molecule has 3 aromatic rings. The average molecular weight is 459 g/mol. The summed E-state index contributed by atoms with van der Waals surface area (Å²) >= 11 is 6.30. The first-order chi connectivity index (χ1) is 15.5. The van der Waals surface area contributed by atoms with Crippen LogP contribution in [-0.4, -0.2) is 56.1 Å². The molecule has 4 rings (SSSR count). The van der Waals surface area contributed by atoms with Crippen LogP contribution in [0.5, 0.6) is 5.75 Å². The Labute approximate surface area is 193 Å². The van der Waals surface area contributed by atoms with Crippen molar-refractivity contribution < 1.29 is 9.84 Å². The van der Waals surface area contributed by atoms with Gasteiger partial charge in [-0.2, -0.15) is 5.10 Å². The van der Waals surface area contributed by atoms with Gasteiger partial charge in [-0.25, -0.2) is 9.97 Å². The molecule has 172 valence electrons. The summed E-state index contributed by atoms with van der Waals surface area (Å²) in [7, 11) is 3.55. The fourth-order valence-electron chi connectivity index (χ4n) is 4.17. The average Bonchev–Trinajstić information content (AvgIpc) is 3.09. The normalized spacial score (nSPS) is 15.4. The molecule has 0 atom stereocenters. The number of fused-ring (bicyclic) bond motifs is 1. The number of hydrogen-bond acceptors (Lipinski definition) is 7. The Balaban J connectivity index is 1.63. The van der Waals surface area contributed by atoms with E-state index in [1.165, 1.54) is 0 Å². The number of methoxy groups -OCH3 is 1. The fraction of sp³-hybridized carbons (Fsp3) is 0.522. The maximum Gasteiger partial charge on any atom is 0.156 e. The number of nitrogens with zero attached hydrogens (tertiary/aromatic N) is 5. The summed E-state index contributed by atoms with van der Waals surface area (Å²) in [6.45, 7) is 5.08. The van der Waals surface area contributed by atoms with E-state index in [4.69, 9.17) is 31.4 Å². The first-order valence-corrected chi connectivity index (χ1v) is 11.6. The molecule has 1 aromatic carbocycles. The summed E-state index contributed by atoms with van der Waals surface area (Å²) in [6.07, 6.45) is 3.26. The quantitative estimate of drug-likeness (QED) is 0.533. The number of aryl methyl sites for hydroxylation is 2. The molecule has 1 aliphatic heterocycles. The van der Waals surface area contributed by atoms with Gasteiger partial charge in [0.2, 0.25) is 0 Å². The molecule has 0 spiro atoms. The lowest BCUT2D eigenvalue weighted by atomic mass is 10.1. The predicted octanol–water partition coefficient (Wildman–Crippen LogP) is 3.55. The molecule has 0 bridgehead atoms. The second kappa shape index (κ2) is 10.0. The number of hydrogen-bond donors (Lipinski definition) is 2. The van der Waals surface area contributed by atoms with Crippen molar-refractivity contribution in [2.75, 3.05) is 25.5 Å². The van der Waals surface area contributed by atoms with Crippen LogP contribution in [0.3, 0.4) is 0 Å². The Hall–Kier alpha value is -2.42. The van der Waals surface area contributed by atoms with Crippen LogP contribution in [0.4, 0.5) is 5.82 Å². The van der Waals surface area contributed by atoms with Crippen molar-refractivity contribution in [2.24, 2.45) is 7.05 Å². The van der Waals surface area contributed by atoms with Gasteiger partial charge in [0.25, 0.3) is 0 Å². The van der Waals surface area contributed by atoms with Crippen LogP contribution in [0.25, 0.3) is 11.0 Å². The lowest BCUT2D eigenvalue weighted by molar-refractivity contribution is 0.0781. The van der Waals surface area contributed by atoms with Crippen LogP contribution in [0.2, 0.25) is 5.02 Å². The van der Waals surface area contributed by atoms with Crippen molar-refractivity contribution in [1.82, 2.24) is 24.6 Å². The molecule has 0 amide bonds. The number of aliphatic hydroxyl groups is 1. The molecule has 2 N–H and O–H groups in total. The number of aliphatic hydroxyl groups excluding tert-OH is 1. The molecule has 1 aliphatic rings. The van der Waals surface area contributed by atoms with Gasteiger partial charge in [-0.05, 0) is 37.0 Å². The van der Waals surface area contributed by atoms with Gasteiger partial charge >= 0.3 is 0 Å². The minimum atomic E-state index is -0.197. The molecule has 0 radical (unpaired) electrons. The third-order valence-electron chi connectivity index (χ3n) is 5.88. The van der Waals surface area contributed by atoms with Gasteiger partial charge in [0.15, 0.2) is 5.82 Å². The number of likely N-dealkylation sites (tertiary alicyclic amines) is 1.